The predicted molar refractivity (Wildman–Crippen MR) is 204 cm³/mol. The number of nitrogens with one attached hydrogen (secondary N) is 1. The first-order chi connectivity index (χ1) is 27.7. The van der Waals surface area contributed by atoms with Gasteiger partial charge in [0.05, 0.1) is 42.3 Å². The summed E-state index contributed by atoms with van der Waals surface area (Å²) in [6.45, 7) is 9.50. The molecule has 318 valence electrons. The third-order valence-electron chi connectivity index (χ3n) is 12.7. The van der Waals surface area contributed by atoms with Gasteiger partial charge in [0.15, 0.2) is 23.6 Å². The van der Waals surface area contributed by atoms with Crippen molar-refractivity contribution in [1.29, 1.82) is 0 Å². The lowest BCUT2D eigenvalue weighted by Gasteiger charge is -2.67. The van der Waals surface area contributed by atoms with Crippen LogP contribution in [0.5, 0.6) is 0 Å². The van der Waals surface area contributed by atoms with Crippen LogP contribution >= 0.6 is 0 Å². The van der Waals surface area contributed by atoms with Gasteiger partial charge in [-0.3, -0.25) is 14.4 Å². The molecular formula is C43H51NO15. The molecule has 1 heterocycles. The minimum absolute atomic E-state index is 0.00198. The van der Waals surface area contributed by atoms with Gasteiger partial charge in [-0.2, -0.15) is 0 Å². The molecule has 4 aliphatic rings. The number of rotatable bonds is 10. The Labute approximate surface area is 341 Å². The van der Waals surface area contributed by atoms with Crippen LogP contribution in [0, 0.1) is 16.7 Å². The summed E-state index contributed by atoms with van der Waals surface area (Å²) in [5.74, 6) is -6.29. The molecule has 3 aliphatic carbocycles. The fourth-order valence-electron chi connectivity index (χ4n) is 9.67. The molecular weight excluding hydrogens is 770 g/mol. The molecule has 1 aliphatic heterocycles. The number of hydrogen-bond acceptors (Lipinski definition) is 15. The lowest BCUT2D eigenvalue weighted by atomic mass is 9.44. The van der Waals surface area contributed by atoms with Crippen molar-refractivity contribution in [1.82, 2.24) is 5.32 Å². The molecule has 3 fully saturated rings. The van der Waals surface area contributed by atoms with Crippen molar-refractivity contribution in [3.05, 3.63) is 82.9 Å². The van der Waals surface area contributed by atoms with Crippen LogP contribution in [-0.2, 0) is 47.6 Å². The number of fused-ring (bicyclic) bond motifs is 5. The zero-order chi connectivity index (χ0) is 43.2. The van der Waals surface area contributed by atoms with Crippen molar-refractivity contribution in [3.63, 3.8) is 0 Å². The zero-order valence-corrected chi connectivity index (χ0v) is 34.0. The number of benzene rings is 2. The predicted octanol–water partition coefficient (Wildman–Crippen LogP) is 3.05. The number of amides is 1. The van der Waals surface area contributed by atoms with Crippen LogP contribution in [0.15, 0.2) is 71.8 Å². The van der Waals surface area contributed by atoms with Crippen LogP contribution in [0.2, 0.25) is 0 Å². The maximum atomic E-state index is 15.4. The van der Waals surface area contributed by atoms with E-state index >= 15 is 4.79 Å². The Balaban J connectivity index is 1.55. The van der Waals surface area contributed by atoms with E-state index in [0.717, 1.165) is 13.8 Å². The topological polar surface area (TPSA) is 231 Å². The van der Waals surface area contributed by atoms with Gasteiger partial charge in [-0.25, -0.2) is 14.4 Å². The molecule has 2 aromatic carbocycles. The second-order valence-corrected chi connectivity index (χ2v) is 16.4. The molecule has 59 heavy (non-hydrogen) atoms. The number of esters is 4. The minimum Gasteiger partial charge on any atom is -0.456 e. The molecule has 16 heteroatoms. The standard InChI is InChI=1S/C43H51NO15/c1-8-54-39(52)44-31(25-15-11-9-12-16-25)32(48)38(51)57-27-20-43(53)36(58-37(50)26-17-13-10-14-18-26)34-41(7,28(47)19-29-42(34,21-55-29)59-24(4)46)35(49)33(56-23(3)45)30(22(27)2)40(43,5)6/h9-18,27-29,31-34,36,47-48,53H,8,19-21H2,1-7H3,(H,44,52)/t27-,28-,29+,31-,32+,33+,34?,36?,41+,42-,43+/m0/s1. The highest BCUT2D eigenvalue weighted by Gasteiger charge is 2.78. The normalized spacial score (nSPS) is 32.9. The molecule has 0 radical (unpaired) electrons. The fourth-order valence-corrected chi connectivity index (χ4v) is 9.67. The van der Waals surface area contributed by atoms with E-state index in [1.54, 1.807) is 69.3 Å². The highest BCUT2D eigenvalue weighted by atomic mass is 16.6. The van der Waals surface area contributed by atoms with Crippen LogP contribution in [0.1, 0.15) is 83.3 Å². The summed E-state index contributed by atoms with van der Waals surface area (Å²) in [6.07, 6.45) is -11.5. The van der Waals surface area contributed by atoms with Crippen LogP contribution in [0.25, 0.3) is 0 Å². The maximum Gasteiger partial charge on any atom is 0.407 e. The Morgan fingerprint density at radius 1 is 0.932 bits per heavy atom. The number of ketones is 1. The van der Waals surface area contributed by atoms with E-state index in [9.17, 15) is 39.3 Å². The molecule has 16 nitrogen and oxygen atoms in total. The number of Topliss-reactive ketones (excluding diaryl/α,β-unsaturated/α-hetero) is 1. The fraction of sp³-hybridized carbons (Fsp3) is 0.535. The molecule has 2 unspecified atom stereocenters. The van der Waals surface area contributed by atoms with Crippen molar-refractivity contribution < 1.29 is 72.5 Å². The first-order valence-electron chi connectivity index (χ1n) is 19.5. The van der Waals surface area contributed by atoms with Crippen LogP contribution in [0.4, 0.5) is 4.79 Å². The van der Waals surface area contributed by atoms with E-state index in [-0.39, 0.29) is 36.3 Å². The summed E-state index contributed by atoms with van der Waals surface area (Å²) in [7, 11) is 0. The summed E-state index contributed by atoms with van der Waals surface area (Å²) >= 11 is 0. The summed E-state index contributed by atoms with van der Waals surface area (Å²) in [6, 6.07) is 14.5. The van der Waals surface area contributed by atoms with E-state index in [0.29, 0.717) is 5.56 Å². The van der Waals surface area contributed by atoms with Gasteiger partial charge in [0.25, 0.3) is 0 Å². The van der Waals surface area contributed by atoms with Crippen LogP contribution in [-0.4, -0.2) is 112 Å². The third-order valence-corrected chi connectivity index (χ3v) is 12.7. The first-order valence-corrected chi connectivity index (χ1v) is 19.5. The summed E-state index contributed by atoms with van der Waals surface area (Å²) in [5.41, 5.74) is -7.33. The van der Waals surface area contributed by atoms with Gasteiger partial charge in [0.1, 0.15) is 23.9 Å². The van der Waals surface area contributed by atoms with E-state index in [2.05, 4.69) is 5.32 Å². The van der Waals surface area contributed by atoms with Gasteiger partial charge in [-0.15, -0.1) is 0 Å². The number of aliphatic hydroxyl groups excluding tert-OH is 2. The van der Waals surface area contributed by atoms with E-state index in [1.165, 1.54) is 26.0 Å². The van der Waals surface area contributed by atoms with Crippen molar-refractivity contribution in [2.45, 2.75) is 115 Å². The number of aliphatic hydroxyl groups is 3. The number of alkyl carbamates (subject to hydrolysis) is 1. The van der Waals surface area contributed by atoms with Gasteiger partial charge in [0.2, 0.25) is 0 Å². The van der Waals surface area contributed by atoms with Gasteiger partial charge in [0, 0.05) is 32.1 Å². The molecule has 2 bridgehead atoms. The summed E-state index contributed by atoms with van der Waals surface area (Å²) in [5, 5.41) is 39.6. The lowest BCUT2D eigenvalue weighted by Crippen LogP contribution is -2.82. The first kappa shape index (κ1) is 43.4. The molecule has 2 aromatic rings. The molecule has 11 atom stereocenters. The summed E-state index contributed by atoms with van der Waals surface area (Å²) in [4.78, 5) is 82.2. The van der Waals surface area contributed by atoms with Gasteiger partial charge in [-0.1, -0.05) is 62.4 Å². The Hall–Kier alpha value is -5.16. The Morgan fingerprint density at radius 2 is 1.56 bits per heavy atom. The average Bonchev–Trinajstić information content (AvgIpc) is 3.18. The summed E-state index contributed by atoms with van der Waals surface area (Å²) < 4.78 is 35.1. The van der Waals surface area contributed by atoms with Gasteiger partial charge >= 0.3 is 30.0 Å². The second-order valence-electron chi connectivity index (χ2n) is 16.4. The lowest BCUT2D eigenvalue weighted by molar-refractivity contribution is -0.346. The number of carbonyl (C=O) groups excluding carboxylic acids is 6. The molecule has 0 aromatic heterocycles. The van der Waals surface area contributed by atoms with Gasteiger partial charge < -0.3 is 49.1 Å². The van der Waals surface area contributed by atoms with Crippen LogP contribution < -0.4 is 5.32 Å². The maximum absolute atomic E-state index is 15.4. The van der Waals surface area contributed by atoms with E-state index in [4.69, 9.17) is 28.4 Å². The van der Waals surface area contributed by atoms with Crippen molar-refractivity contribution >= 4 is 35.8 Å². The Morgan fingerprint density at radius 3 is 2.12 bits per heavy atom. The molecule has 1 amide bonds. The highest BCUT2D eigenvalue weighted by Crippen LogP contribution is 2.64. The van der Waals surface area contributed by atoms with E-state index < -0.39 is 113 Å². The molecule has 1 saturated heterocycles. The number of ether oxygens (including phenoxy) is 6. The molecule has 6 rings (SSSR count). The number of hydrogen-bond donors (Lipinski definition) is 4. The Kier molecular flexibility index (Phi) is 11.9. The molecule has 2 saturated carbocycles. The quantitative estimate of drug-likeness (QED) is 0.153. The largest absolute Gasteiger partial charge is 0.456 e. The molecule has 0 spiro atoms. The third kappa shape index (κ3) is 7.29. The monoisotopic (exact) mass is 821 g/mol. The van der Waals surface area contributed by atoms with Gasteiger partial charge in [-0.05, 0) is 49.6 Å². The molecule has 4 N–H and O–H groups in total. The average molecular weight is 822 g/mol. The van der Waals surface area contributed by atoms with Crippen molar-refractivity contribution in [2.24, 2.45) is 16.7 Å². The Bertz CT molecular complexity index is 2020. The zero-order valence-electron chi connectivity index (χ0n) is 34.0. The minimum atomic E-state index is -2.39. The van der Waals surface area contributed by atoms with Crippen molar-refractivity contribution in [3.8, 4) is 0 Å². The number of carbonyl (C=O) groups is 6. The SMILES string of the molecule is CCOC(=O)N[C@@H](c1ccccc1)[C@@H](O)C(=O)O[C@H]1C[C@@]2(O)C(OC(=O)c3ccccc3)C3[C@](C)(C(=O)[C@H](OC(C)=O)C(=C1C)C2(C)C)[C@@H](O)C[C@H]1OC[C@@]31OC(C)=O. The highest BCUT2D eigenvalue weighted by molar-refractivity contribution is 5.95. The van der Waals surface area contributed by atoms with E-state index in [1.807, 2.05) is 0 Å². The second kappa shape index (κ2) is 16.1. The van der Waals surface area contributed by atoms with Crippen LogP contribution in [0.3, 0.4) is 0 Å². The van der Waals surface area contributed by atoms with Crippen molar-refractivity contribution in [2.75, 3.05) is 13.2 Å². The smallest absolute Gasteiger partial charge is 0.407 e.